The monoisotopic (exact) mass is 230 g/mol. The minimum Gasteiger partial charge on any atom is -0.397 e. The van der Waals surface area contributed by atoms with Gasteiger partial charge in [0, 0.05) is 6.61 Å². The van der Waals surface area contributed by atoms with Gasteiger partial charge in [0.15, 0.2) is 0 Å². The highest BCUT2D eigenvalue weighted by molar-refractivity contribution is 5.12. The van der Waals surface area contributed by atoms with Gasteiger partial charge < -0.3 is 20.4 Å². The fourth-order valence-electron chi connectivity index (χ4n) is 0.583. The van der Waals surface area contributed by atoms with E-state index in [1.54, 1.807) is 6.92 Å². The van der Waals surface area contributed by atoms with E-state index < -0.39 is 6.10 Å². The van der Waals surface area contributed by atoms with Gasteiger partial charge in [-0.2, -0.15) is 0 Å². The molecule has 4 heteroatoms. The zero-order chi connectivity index (χ0) is 12.8. The average Bonchev–Trinajstić information content (AvgIpc) is 2.32. The maximum atomic E-state index is 8.54. The third-order valence-corrected chi connectivity index (χ3v) is 1.29. The Morgan fingerprint density at radius 2 is 1.44 bits per heavy atom. The molecule has 0 heterocycles. The zero-order valence-corrected chi connectivity index (χ0v) is 9.87. The lowest BCUT2D eigenvalue weighted by atomic mass is 10.2. The predicted molar refractivity (Wildman–Crippen MR) is 63.9 cm³/mol. The molecule has 0 radical (unpaired) electrons. The molecule has 16 heavy (non-hydrogen) atoms. The van der Waals surface area contributed by atoms with E-state index in [1.165, 1.54) is 6.92 Å². The van der Waals surface area contributed by atoms with Crippen molar-refractivity contribution in [3.05, 3.63) is 35.9 Å². The van der Waals surface area contributed by atoms with E-state index in [4.69, 9.17) is 20.4 Å². The molecule has 1 aromatic rings. The molecule has 0 amide bonds. The number of rotatable bonds is 2. The minimum atomic E-state index is -0.560. The van der Waals surface area contributed by atoms with Gasteiger partial charge in [-0.25, -0.2) is 0 Å². The molecule has 0 aliphatic heterocycles. The molecule has 0 aliphatic rings. The number of hydrogen-bond acceptors (Lipinski definition) is 4. The van der Waals surface area contributed by atoms with Crippen LogP contribution in [-0.4, -0.2) is 39.7 Å². The Kier molecular flexibility index (Phi) is 15.3. The molecule has 0 saturated carbocycles. The Balaban J connectivity index is 0. The van der Waals surface area contributed by atoms with Crippen LogP contribution in [0.1, 0.15) is 19.4 Å². The van der Waals surface area contributed by atoms with Crippen molar-refractivity contribution in [2.24, 2.45) is 0 Å². The molecule has 0 fully saturated rings. The Hall–Kier alpha value is -0.940. The van der Waals surface area contributed by atoms with Crippen LogP contribution in [0.2, 0.25) is 0 Å². The highest BCUT2D eigenvalue weighted by atomic mass is 16.3. The van der Waals surface area contributed by atoms with Gasteiger partial charge in [-0.15, -0.1) is 0 Å². The van der Waals surface area contributed by atoms with E-state index in [1.807, 2.05) is 30.3 Å². The Morgan fingerprint density at radius 3 is 1.62 bits per heavy atom. The van der Waals surface area contributed by atoms with Gasteiger partial charge in [0.2, 0.25) is 0 Å². The number of aliphatic hydroxyl groups is 4. The van der Waals surface area contributed by atoms with Crippen LogP contribution in [-0.2, 0) is 6.61 Å². The molecule has 4 N–H and O–H groups in total. The lowest BCUT2D eigenvalue weighted by molar-refractivity contribution is 0.110. The summed E-state index contributed by atoms with van der Waals surface area (Å²) in [5.41, 5.74) is 0.965. The first-order valence-electron chi connectivity index (χ1n) is 5.16. The fraction of sp³-hybridized carbons (Fsp3) is 0.500. The minimum absolute atomic E-state index is 0.139. The molecule has 1 unspecified atom stereocenters. The molecule has 0 aliphatic carbocycles. The van der Waals surface area contributed by atoms with Crippen molar-refractivity contribution >= 4 is 0 Å². The molecule has 1 rings (SSSR count). The van der Waals surface area contributed by atoms with E-state index in [2.05, 4.69) is 0 Å². The normalized spacial score (nSPS) is 10.4. The lowest BCUT2D eigenvalue weighted by Crippen LogP contribution is -2.03. The molecule has 0 spiro atoms. The highest BCUT2D eigenvalue weighted by Gasteiger charge is 1.83. The second kappa shape index (κ2) is 14.1. The van der Waals surface area contributed by atoms with E-state index in [-0.39, 0.29) is 19.8 Å². The predicted octanol–water partition coefficient (Wildman–Crippen LogP) is 0.537. The second-order valence-electron chi connectivity index (χ2n) is 2.99. The molecule has 1 aromatic carbocycles. The largest absolute Gasteiger partial charge is 0.397 e. The van der Waals surface area contributed by atoms with Gasteiger partial charge in [0.05, 0.1) is 19.3 Å². The molecular formula is C12H22O4. The Morgan fingerprint density at radius 1 is 1.06 bits per heavy atom. The van der Waals surface area contributed by atoms with Crippen LogP contribution in [0, 0.1) is 0 Å². The summed E-state index contributed by atoms with van der Waals surface area (Å²) in [6.07, 6.45) is -0.560. The van der Waals surface area contributed by atoms with E-state index >= 15 is 0 Å². The smallest absolute Gasteiger partial charge is 0.0742 e. The van der Waals surface area contributed by atoms with Crippen LogP contribution in [0.3, 0.4) is 0 Å². The van der Waals surface area contributed by atoms with Gasteiger partial charge in [0.25, 0.3) is 0 Å². The van der Waals surface area contributed by atoms with Crippen molar-refractivity contribution in [3.8, 4) is 0 Å². The molecule has 0 saturated heterocycles. The lowest BCUT2D eigenvalue weighted by Gasteiger charge is -1.90. The van der Waals surface area contributed by atoms with E-state index in [0.717, 1.165) is 5.56 Å². The summed E-state index contributed by atoms with van der Waals surface area (Å²) in [4.78, 5) is 0. The molecule has 0 bridgehead atoms. The first kappa shape index (κ1) is 17.5. The standard InChI is InChI=1S/C7H8O.C3H8O2.C2H6O/c8-6-7-4-2-1-3-5-7;1-3(5)2-4;1-2-3/h1-5,8H,6H2;3-5H,2H2,1H3;3H,2H2,1H3. The number of aliphatic hydroxyl groups excluding tert-OH is 4. The van der Waals surface area contributed by atoms with Crippen LogP contribution >= 0.6 is 0 Å². The first-order valence-corrected chi connectivity index (χ1v) is 5.16. The first-order chi connectivity index (χ1) is 7.62. The van der Waals surface area contributed by atoms with Crippen molar-refractivity contribution < 1.29 is 20.4 Å². The Bertz CT molecular complexity index is 212. The van der Waals surface area contributed by atoms with Crippen molar-refractivity contribution in [3.63, 3.8) is 0 Å². The second-order valence-corrected chi connectivity index (χ2v) is 2.99. The van der Waals surface area contributed by atoms with E-state index in [0.29, 0.717) is 0 Å². The quantitative estimate of drug-likeness (QED) is 0.597. The summed E-state index contributed by atoms with van der Waals surface area (Å²) in [6.45, 7) is 3.46. The van der Waals surface area contributed by atoms with Crippen LogP contribution in [0.15, 0.2) is 30.3 Å². The molecule has 94 valence electrons. The van der Waals surface area contributed by atoms with Crippen molar-refractivity contribution in [2.75, 3.05) is 13.2 Å². The van der Waals surface area contributed by atoms with Crippen molar-refractivity contribution in [2.45, 2.75) is 26.6 Å². The van der Waals surface area contributed by atoms with Gasteiger partial charge in [-0.05, 0) is 19.4 Å². The SMILES string of the molecule is CC(O)CO.CCO.OCc1ccccc1. The summed E-state index contributed by atoms with van der Waals surface area (Å²) >= 11 is 0. The zero-order valence-electron chi connectivity index (χ0n) is 9.87. The average molecular weight is 230 g/mol. The van der Waals surface area contributed by atoms with E-state index in [9.17, 15) is 0 Å². The van der Waals surface area contributed by atoms with Gasteiger partial charge >= 0.3 is 0 Å². The Labute approximate surface area is 96.8 Å². The molecule has 4 nitrogen and oxygen atoms in total. The number of benzene rings is 1. The fourth-order valence-corrected chi connectivity index (χ4v) is 0.583. The van der Waals surface area contributed by atoms with Crippen molar-refractivity contribution in [1.29, 1.82) is 0 Å². The topological polar surface area (TPSA) is 80.9 Å². The molecule has 1 atom stereocenters. The summed E-state index contributed by atoms with van der Waals surface area (Å²) in [5.74, 6) is 0. The van der Waals surface area contributed by atoms with Gasteiger partial charge in [-0.3, -0.25) is 0 Å². The third-order valence-electron chi connectivity index (χ3n) is 1.29. The van der Waals surface area contributed by atoms with Crippen LogP contribution in [0.25, 0.3) is 0 Å². The van der Waals surface area contributed by atoms with Crippen LogP contribution in [0.4, 0.5) is 0 Å². The van der Waals surface area contributed by atoms with Crippen LogP contribution in [0.5, 0.6) is 0 Å². The third kappa shape index (κ3) is 15.5. The summed E-state index contributed by atoms with van der Waals surface area (Å²) in [7, 11) is 0. The summed E-state index contributed by atoms with van der Waals surface area (Å²) in [5, 5.41) is 32.1. The molecular weight excluding hydrogens is 208 g/mol. The van der Waals surface area contributed by atoms with Crippen LogP contribution < -0.4 is 0 Å². The van der Waals surface area contributed by atoms with Gasteiger partial charge in [-0.1, -0.05) is 30.3 Å². The summed E-state index contributed by atoms with van der Waals surface area (Å²) in [6, 6.07) is 9.52. The number of hydrogen-bond donors (Lipinski definition) is 4. The van der Waals surface area contributed by atoms with Crippen molar-refractivity contribution in [1.82, 2.24) is 0 Å². The highest BCUT2D eigenvalue weighted by Crippen LogP contribution is 1.95. The maximum Gasteiger partial charge on any atom is 0.0742 e. The maximum absolute atomic E-state index is 8.54. The molecule has 0 aromatic heterocycles. The summed E-state index contributed by atoms with van der Waals surface area (Å²) < 4.78 is 0. The van der Waals surface area contributed by atoms with Gasteiger partial charge in [0.1, 0.15) is 0 Å².